The molecule has 0 amide bonds. The van der Waals surface area contributed by atoms with Crippen molar-refractivity contribution in [3.63, 3.8) is 0 Å². The molecule has 3 rings (SSSR count). The molecule has 2 aromatic carbocycles. The van der Waals surface area contributed by atoms with Gasteiger partial charge in [-0.25, -0.2) is 4.39 Å². The number of hydrogen-bond donors (Lipinski definition) is 2. The maximum atomic E-state index is 13.5. The van der Waals surface area contributed by atoms with Gasteiger partial charge in [0.2, 0.25) is 0 Å². The number of benzene rings is 2. The van der Waals surface area contributed by atoms with Gasteiger partial charge in [0.05, 0.1) is 5.52 Å². The fourth-order valence-corrected chi connectivity index (χ4v) is 2.53. The molecule has 3 aromatic rings. The molecule has 0 saturated carbocycles. The van der Waals surface area contributed by atoms with Crippen molar-refractivity contribution >= 4 is 10.9 Å². The van der Waals surface area contributed by atoms with Gasteiger partial charge in [-0.3, -0.25) is 4.79 Å². The number of nitrogens with one attached hydrogen (secondary N) is 2. The molecule has 0 fully saturated rings. The lowest BCUT2D eigenvalue weighted by Crippen LogP contribution is -2.21. The zero-order valence-corrected chi connectivity index (χ0v) is 12.3. The summed E-state index contributed by atoms with van der Waals surface area (Å²) < 4.78 is 13.5. The number of aryl methyl sites for hydroxylation is 1. The first kappa shape index (κ1) is 14.5. The summed E-state index contributed by atoms with van der Waals surface area (Å²) in [5.74, 6) is -0.238. The van der Waals surface area contributed by atoms with Crippen LogP contribution in [-0.4, -0.2) is 4.98 Å². The molecule has 2 N–H and O–H groups in total. The topological polar surface area (TPSA) is 44.9 Å². The first-order valence-electron chi connectivity index (χ1n) is 7.21. The Labute approximate surface area is 127 Å². The summed E-state index contributed by atoms with van der Waals surface area (Å²) >= 11 is 0. The quantitative estimate of drug-likeness (QED) is 0.776. The highest BCUT2D eigenvalue weighted by Crippen LogP contribution is 2.15. The van der Waals surface area contributed by atoms with Crippen molar-refractivity contribution in [3.8, 4) is 0 Å². The molecule has 0 aliphatic rings. The second-order valence-electron chi connectivity index (χ2n) is 5.36. The molecule has 1 aromatic heterocycles. The molecule has 0 unspecified atom stereocenters. The van der Waals surface area contributed by atoms with Gasteiger partial charge >= 0.3 is 0 Å². The Balaban J connectivity index is 1.78. The van der Waals surface area contributed by atoms with E-state index in [2.05, 4.69) is 10.3 Å². The summed E-state index contributed by atoms with van der Waals surface area (Å²) in [7, 11) is 0. The first-order valence-corrected chi connectivity index (χ1v) is 7.21. The third-order valence-corrected chi connectivity index (χ3v) is 3.75. The van der Waals surface area contributed by atoms with Crippen LogP contribution in [0.4, 0.5) is 4.39 Å². The third kappa shape index (κ3) is 2.92. The van der Waals surface area contributed by atoms with Gasteiger partial charge in [0, 0.05) is 24.2 Å². The molecule has 4 heteroatoms. The lowest BCUT2D eigenvalue weighted by Gasteiger charge is -2.08. The zero-order chi connectivity index (χ0) is 15.5. The Bertz CT molecular complexity index is 870. The fourth-order valence-electron chi connectivity index (χ4n) is 2.53. The summed E-state index contributed by atoms with van der Waals surface area (Å²) in [6.07, 6.45) is 0. The van der Waals surface area contributed by atoms with E-state index in [1.807, 2.05) is 31.2 Å². The van der Waals surface area contributed by atoms with Crippen LogP contribution in [0.5, 0.6) is 0 Å². The van der Waals surface area contributed by atoms with Gasteiger partial charge in [-0.1, -0.05) is 36.4 Å². The molecule has 0 radical (unpaired) electrons. The largest absolute Gasteiger partial charge is 0.321 e. The fraction of sp³-hybridized carbons (Fsp3) is 0.167. The number of hydrogen-bond acceptors (Lipinski definition) is 2. The molecule has 0 spiro atoms. The number of rotatable bonds is 4. The molecule has 112 valence electrons. The molecule has 1 heterocycles. The maximum Gasteiger partial charge on any atom is 0.252 e. The Morgan fingerprint density at radius 1 is 1.05 bits per heavy atom. The van der Waals surface area contributed by atoms with Crippen LogP contribution in [0.15, 0.2) is 53.3 Å². The monoisotopic (exact) mass is 296 g/mol. The Morgan fingerprint density at radius 2 is 1.82 bits per heavy atom. The van der Waals surface area contributed by atoms with Gasteiger partial charge in [0.25, 0.3) is 5.56 Å². The van der Waals surface area contributed by atoms with Gasteiger partial charge in [0.15, 0.2) is 0 Å². The Hall–Kier alpha value is -2.46. The van der Waals surface area contributed by atoms with Crippen LogP contribution in [0.1, 0.15) is 16.7 Å². The van der Waals surface area contributed by atoms with Gasteiger partial charge in [-0.05, 0) is 30.0 Å². The normalized spacial score (nSPS) is 11.0. The van der Waals surface area contributed by atoms with Crippen molar-refractivity contribution in [2.24, 2.45) is 0 Å². The minimum absolute atomic E-state index is 0.108. The van der Waals surface area contributed by atoms with Gasteiger partial charge in [-0.2, -0.15) is 0 Å². The van der Waals surface area contributed by atoms with Crippen LogP contribution in [0, 0.1) is 12.7 Å². The van der Waals surface area contributed by atoms with E-state index >= 15 is 0 Å². The van der Waals surface area contributed by atoms with Crippen molar-refractivity contribution in [1.29, 1.82) is 0 Å². The summed E-state index contributed by atoms with van der Waals surface area (Å²) in [6.45, 7) is 2.75. The van der Waals surface area contributed by atoms with Crippen molar-refractivity contribution in [2.45, 2.75) is 20.0 Å². The van der Waals surface area contributed by atoms with Gasteiger partial charge in [0.1, 0.15) is 5.82 Å². The molecular formula is C18H17FN2O. The zero-order valence-electron chi connectivity index (χ0n) is 12.3. The molecule has 0 saturated heterocycles. The number of pyridine rings is 1. The Kier molecular flexibility index (Phi) is 4.02. The molecule has 0 atom stereocenters. The highest BCUT2D eigenvalue weighted by Gasteiger charge is 2.05. The minimum Gasteiger partial charge on any atom is -0.321 e. The van der Waals surface area contributed by atoms with Crippen LogP contribution >= 0.6 is 0 Å². The SMILES string of the molecule is Cc1cccc2cc(CNCc3ccccc3F)c(=O)[nH]c12. The maximum absolute atomic E-state index is 13.5. The van der Waals surface area contributed by atoms with Gasteiger partial charge in [-0.15, -0.1) is 0 Å². The number of aromatic amines is 1. The standard InChI is InChI=1S/C18H17FN2O/c1-12-5-4-7-13-9-15(18(22)21-17(12)13)11-20-10-14-6-2-3-8-16(14)19/h2-9,20H,10-11H2,1H3,(H,21,22). The van der Waals surface area contributed by atoms with Crippen LogP contribution in [-0.2, 0) is 13.1 Å². The van der Waals surface area contributed by atoms with Crippen molar-refractivity contribution in [2.75, 3.05) is 0 Å². The predicted octanol–water partition coefficient (Wildman–Crippen LogP) is 3.27. The predicted molar refractivity (Wildman–Crippen MR) is 86.2 cm³/mol. The van der Waals surface area contributed by atoms with Crippen molar-refractivity contribution in [1.82, 2.24) is 10.3 Å². The van der Waals surface area contributed by atoms with Crippen LogP contribution in [0.2, 0.25) is 0 Å². The lowest BCUT2D eigenvalue weighted by atomic mass is 10.1. The molecular weight excluding hydrogens is 279 g/mol. The summed E-state index contributed by atoms with van der Waals surface area (Å²) in [5.41, 5.74) is 3.04. The van der Waals surface area contributed by atoms with E-state index in [1.54, 1.807) is 18.2 Å². The lowest BCUT2D eigenvalue weighted by molar-refractivity contribution is 0.587. The summed E-state index contributed by atoms with van der Waals surface area (Å²) in [5, 5.41) is 4.12. The minimum atomic E-state index is -0.238. The van der Waals surface area contributed by atoms with Crippen molar-refractivity contribution < 1.29 is 4.39 Å². The first-order chi connectivity index (χ1) is 10.6. The van der Waals surface area contributed by atoms with Crippen LogP contribution in [0.25, 0.3) is 10.9 Å². The van der Waals surface area contributed by atoms with E-state index < -0.39 is 0 Å². The number of H-pyrrole nitrogens is 1. The molecule has 3 nitrogen and oxygen atoms in total. The number of fused-ring (bicyclic) bond motifs is 1. The molecule has 0 aliphatic heterocycles. The van der Waals surface area contributed by atoms with E-state index in [0.29, 0.717) is 24.2 Å². The smallest absolute Gasteiger partial charge is 0.252 e. The van der Waals surface area contributed by atoms with Gasteiger partial charge < -0.3 is 10.3 Å². The van der Waals surface area contributed by atoms with E-state index in [9.17, 15) is 9.18 Å². The molecule has 22 heavy (non-hydrogen) atoms. The van der Waals surface area contributed by atoms with E-state index in [4.69, 9.17) is 0 Å². The molecule has 0 bridgehead atoms. The van der Waals surface area contributed by atoms with Crippen LogP contribution in [0.3, 0.4) is 0 Å². The Morgan fingerprint density at radius 3 is 2.64 bits per heavy atom. The third-order valence-electron chi connectivity index (χ3n) is 3.75. The molecule has 0 aliphatic carbocycles. The number of aromatic nitrogens is 1. The summed E-state index contributed by atoms with van der Waals surface area (Å²) in [6, 6.07) is 14.4. The highest BCUT2D eigenvalue weighted by molar-refractivity contribution is 5.81. The van der Waals surface area contributed by atoms with E-state index in [-0.39, 0.29) is 11.4 Å². The number of para-hydroxylation sites is 1. The average Bonchev–Trinajstić information content (AvgIpc) is 2.51. The van der Waals surface area contributed by atoms with E-state index in [0.717, 1.165) is 16.5 Å². The van der Waals surface area contributed by atoms with Crippen LogP contribution < -0.4 is 10.9 Å². The highest BCUT2D eigenvalue weighted by atomic mass is 19.1. The van der Waals surface area contributed by atoms with Crippen molar-refractivity contribution in [3.05, 3.63) is 81.4 Å². The average molecular weight is 296 g/mol. The second kappa shape index (κ2) is 6.12. The number of halogens is 1. The van der Waals surface area contributed by atoms with E-state index in [1.165, 1.54) is 6.07 Å². The summed E-state index contributed by atoms with van der Waals surface area (Å²) in [4.78, 5) is 15.0. The second-order valence-corrected chi connectivity index (χ2v) is 5.36.